The third kappa shape index (κ3) is 3.70. The summed E-state index contributed by atoms with van der Waals surface area (Å²) in [7, 11) is -3.25. The van der Waals surface area contributed by atoms with E-state index in [4.69, 9.17) is 0 Å². The molecule has 0 aliphatic carbocycles. The van der Waals surface area contributed by atoms with Crippen molar-refractivity contribution in [3.8, 4) is 5.69 Å². The third-order valence-electron chi connectivity index (χ3n) is 4.20. The number of nitrogens with one attached hydrogen (secondary N) is 1. The maximum atomic E-state index is 12.4. The van der Waals surface area contributed by atoms with Crippen LogP contribution in [-0.2, 0) is 9.84 Å². The van der Waals surface area contributed by atoms with Crippen LogP contribution in [0.1, 0.15) is 21.7 Å². The maximum Gasteiger partial charge on any atom is 0.255 e. The van der Waals surface area contributed by atoms with Crippen LogP contribution in [0.25, 0.3) is 5.69 Å². The summed E-state index contributed by atoms with van der Waals surface area (Å²) >= 11 is 0. The molecule has 0 spiro atoms. The van der Waals surface area contributed by atoms with Gasteiger partial charge in [0.15, 0.2) is 9.84 Å². The molecule has 134 valence electrons. The second-order valence-corrected chi connectivity index (χ2v) is 8.26. The van der Waals surface area contributed by atoms with E-state index < -0.39 is 9.84 Å². The van der Waals surface area contributed by atoms with Crippen molar-refractivity contribution in [2.75, 3.05) is 11.6 Å². The summed E-state index contributed by atoms with van der Waals surface area (Å²) in [4.78, 5) is 12.6. The van der Waals surface area contributed by atoms with Crippen LogP contribution in [0.2, 0.25) is 0 Å². The van der Waals surface area contributed by atoms with E-state index in [1.807, 2.05) is 26.0 Å². The van der Waals surface area contributed by atoms with Gasteiger partial charge in [-0.05, 0) is 74.5 Å². The summed E-state index contributed by atoms with van der Waals surface area (Å²) in [6, 6.07) is 17.6. The topological polar surface area (TPSA) is 68.2 Å². The molecule has 1 amide bonds. The van der Waals surface area contributed by atoms with Crippen LogP contribution >= 0.6 is 0 Å². The van der Waals surface area contributed by atoms with Crippen LogP contribution in [0.15, 0.2) is 65.6 Å². The van der Waals surface area contributed by atoms with Gasteiger partial charge < -0.3 is 9.88 Å². The fraction of sp³-hybridized carbons (Fsp3) is 0.150. The molecular weight excluding hydrogens is 348 g/mol. The molecule has 0 aliphatic heterocycles. The van der Waals surface area contributed by atoms with Gasteiger partial charge in [-0.25, -0.2) is 8.42 Å². The summed E-state index contributed by atoms with van der Waals surface area (Å²) in [6.45, 7) is 4.07. The van der Waals surface area contributed by atoms with Gasteiger partial charge in [0.2, 0.25) is 0 Å². The van der Waals surface area contributed by atoms with E-state index in [0.29, 0.717) is 11.3 Å². The van der Waals surface area contributed by atoms with Gasteiger partial charge in [-0.2, -0.15) is 0 Å². The van der Waals surface area contributed by atoms with E-state index in [2.05, 4.69) is 22.0 Å². The first kappa shape index (κ1) is 17.9. The van der Waals surface area contributed by atoms with Gasteiger partial charge in [-0.1, -0.05) is 0 Å². The fourth-order valence-electron chi connectivity index (χ4n) is 2.83. The number of sulfone groups is 1. The van der Waals surface area contributed by atoms with Crippen LogP contribution in [-0.4, -0.2) is 25.1 Å². The van der Waals surface area contributed by atoms with Gasteiger partial charge in [0.05, 0.1) is 4.90 Å². The Hall–Kier alpha value is -2.86. The number of rotatable bonds is 4. The minimum atomic E-state index is -3.25. The lowest BCUT2D eigenvalue weighted by Crippen LogP contribution is -2.12. The van der Waals surface area contributed by atoms with Gasteiger partial charge in [0.25, 0.3) is 5.91 Å². The highest BCUT2D eigenvalue weighted by molar-refractivity contribution is 7.90. The Balaban J connectivity index is 1.76. The van der Waals surface area contributed by atoms with Gasteiger partial charge in [-0.15, -0.1) is 0 Å². The highest BCUT2D eigenvalue weighted by Crippen LogP contribution is 2.18. The zero-order valence-electron chi connectivity index (χ0n) is 14.9. The molecule has 26 heavy (non-hydrogen) atoms. The minimum Gasteiger partial charge on any atom is -0.322 e. The Morgan fingerprint density at radius 3 is 1.88 bits per heavy atom. The average molecular weight is 368 g/mol. The largest absolute Gasteiger partial charge is 0.322 e. The molecule has 1 heterocycles. The van der Waals surface area contributed by atoms with Crippen LogP contribution in [0.4, 0.5) is 5.69 Å². The number of carbonyl (C=O) groups excluding carboxylic acids is 1. The molecule has 0 radical (unpaired) electrons. The molecule has 0 unspecified atom stereocenters. The number of carbonyl (C=O) groups is 1. The maximum absolute atomic E-state index is 12.4. The molecule has 3 rings (SSSR count). The van der Waals surface area contributed by atoms with Crippen LogP contribution < -0.4 is 5.32 Å². The summed E-state index contributed by atoms with van der Waals surface area (Å²) in [5.74, 6) is -0.246. The van der Waals surface area contributed by atoms with E-state index in [9.17, 15) is 13.2 Å². The van der Waals surface area contributed by atoms with Crippen molar-refractivity contribution in [3.05, 3.63) is 77.6 Å². The SMILES string of the molecule is Cc1ccc(C)n1-c1ccc(C(=O)Nc2ccc(S(C)(=O)=O)cc2)cc1. The summed E-state index contributed by atoms with van der Waals surface area (Å²) in [5.41, 5.74) is 4.34. The molecule has 1 aromatic heterocycles. The van der Waals surface area contributed by atoms with E-state index in [1.165, 1.54) is 12.1 Å². The molecule has 0 bridgehead atoms. The number of aryl methyl sites for hydroxylation is 2. The van der Waals surface area contributed by atoms with Crippen molar-refractivity contribution in [2.45, 2.75) is 18.7 Å². The molecule has 3 aromatic rings. The number of amides is 1. The molecule has 2 aromatic carbocycles. The molecule has 0 aliphatic rings. The van der Waals surface area contributed by atoms with Crippen molar-refractivity contribution in [1.82, 2.24) is 4.57 Å². The lowest BCUT2D eigenvalue weighted by Gasteiger charge is -2.11. The van der Waals surface area contributed by atoms with Crippen molar-refractivity contribution in [2.24, 2.45) is 0 Å². The van der Waals surface area contributed by atoms with Gasteiger partial charge >= 0.3 is 0 Å². The molecule has 0 atom stereocenters. The first-order chi connectivity index (χ1) is 12.3. The molecule has 0 saturated carbocycles. The molecule has 0 fully saturated rings. The smallest absolute Gasteiger partial charge is 0.255 e. The normalized spacial score (nSPS) is 11.3. The number of hydrogen-bond donors (Lipinski definition) is 1. The van der Waals surface area contributed by atoms with Crippen molar-refractivity contribution in [3.63, 3.8) is 0 Å². The van der Waals surface area contributed by atoms with E-state index in [0.717, 1.165) is 23.3 Å². The lowest BCUT2D eigenvalue weighted by molar-refractivity contribution is 0.102. The molecular formula is C20H20N2O3S. The Bertz CT molecular complexity index is 1030. The van der Waals surface area contributed by atoms with Crippen LogP contribution in [0.5, 0.6) is 0 Å². The standard InChI is InChI=1S/C20H20N2O3S/c1-14-4-5-15(2)22(14)18-10-6-16(7-11-18)20(23)21-17-8-12-19(13-9-17)26(3,24)25/h4-13H,1-3H3,(H,21,23). The van der Waals surface area contributed by atoms with Gasteiger partial charge in [0.1, 0.15) is 0 Å². The number of anilines is 1. The second-order valence-electron chi connectivity index (χ2n) is 6.25. The highest BCUT2D eigenvalue weighted by atomic mass is 32.2. The Morgan fingerprint density at radius 1 is 0.846 bits per heavy atom. The first-order valence-corrected chi connectivity index (χ1v) is 10.0. The minimum absolute atomic E-state index is 0.220. The number of nitrogens with zero attached hydrogens (tertiary/aromatic N) is 1. The van der Waals surface area contributed by atoms with E-state index in [-0.39, 0.29) is 10.8 Å². The highest BCUT2D eigenvalue weighted by Gasteiger charge is 2.10. The number of hydrogen-bond acceptors (Lipinski definition) is 3. The summed E-state index contributed by atoms with van der Waals surface area (Å²) < 4.78 is 25.1. The lowest BCUT2D eigenvalue weighted by atomic mass is 10.2. The Labute approximate surface area is 153 Å². The quantitative estimate of drug-likeness (QED) is 0.762. The third-order valence-corrected chi connectivity index (χ3v) is 5.33. The summed E-state index contributed by atoms with van der Waals surface area (Å²) in [5, 5.41) is 2.77. The molecule has 0 saturated heterocycles. The number of aromatic nitrogens is 1. The summed E-state index contributed by atoms with van der Waals surface area (Å²) in [6.07, 6.45) is 1.15. The molecule has 6 heteroatoms. The van der Waals surface area contributed by atoms with E-state index >= 15 is 0 Å². The van der Waals surface area contributed by atoms with Crippen molar-refractivity contribution >= 4 is 21.4 Å². The fourth-order valence-corrected chi connectivity index (χ4v) is 3.46. The molecule has 5 nitrogen and oxygen atoms in total. The zero-order valence-corrected chi connectivity index (χ0v) is 15.7. The second kappa shape index (κ2) is 6.80. The first-order valence-electron chi connectivity index (χ1n) is 8.12. The Kier molecular flexibility index (Phi) is 4.70. The Morgan fingerprint density at radius 2 is 1.38 bits per heavy atom. The predicted molar refractivity (Wildman–Crippen MR) is 103 cm³/mol. The zero-order chi connectivity index (χ0) is 18.9. The average Bonchev–Trinajstić information content (AvgIpc) is 2.93. The van der Waals surface area contributed by atoms with Crippen molar-refractivity contribution < 1.29 is 13.2 Å². The monoisotopic (exact) mass is 368 g/mol. The molecule has 1 N–H and O–H groups in total. The predicted octanol–water partition coefficient (Wildman–Crippen LogP) is 3.75. The number of benzene rings is 2. The van der Waals surface area contributed by atoms with Crippen LogP contribution in [0, 0.1) is 13.8 Å². The van der Waals surface area contributed by atoms with Crippen molar-refractivity contribution in [1.29, 1.82) is 0 Å². The van der Waals surface area contributed by atoms with Gasteiger partial charge in [0, 0.05) is 34.6 Å². The van der Waals surface area contributed by atoms with Crippen LogP contribution in [0.3, 0.4) is 0 Å². The van der Waals surface area contributed by atoms with Gasteiger partial charge in [-0.3, -0.25) is 4.79 Å². The van der Waals surface area contributed by atoms with E-state index in [1.54, 1.807) is 24.3 Å².